The third-order valence-electron chi connectivity index (χ3n) is 2.09. The maximum atomic E-state index is 3.78. The molecule has 1 atom stereocenters. The molecule has 13 heavy (non-hydrogen) atoms. The Balaban J connectivity index is 3.85. The van der Waals surface area contributed by atoms with Crippen LogP contribution in [0.5, 0.6) is 0 Å². The van der Waals surface area contributed by atoms with Gasteiger partial charge in [-0.25, -0.2) is 0 Å². The number of allylic oxidation sites excluding steroid dienone is 2. The fourth-order valence-corrected chi connectivity index (χ4v) is 1.57. The lowest BCUT2D eigenvalue weighted by atomic mass is 10.0. The maximum Gasteiger partial charge on any atom is 0.00443 e. The zero-order valence-electron chi connectivity index (χ0n) is 9.29. The molecular formula is C12H23N. The van der Waals surface area contributed by atoms with Crippen molar-refractivity contribution in [1.82, 2.24) is 4.90 Å². The summed E-state index contributed by atoms with van der Waals surface area (Å²) in [7, 11) is 2.18. The molecule has 0 rings (SSSR count). The second-order valence-electron chi connectivity index (χ2n) is 3.57. The van der Waals surface area contributed by atoms with Gasteiger partial charge in [-0.3, -0.25) is 0 Å². The van der Waals surface area contributed by atoms with Crippen LogP contribution in [0, 0.1) is 5.92 Å². The molecule has 0 aromatic heterocycles. The summed E-state index contributed by atoms with van der Waals surface area (Å²) in [5.41, 5.74) is 0. The minimum absolute atomic E-state index is 0.638. The number of hydrogen-bond acceptors (Lipinski definition) is 1. The first-order valence-electron chi connectivity index (χ1n) is 5.16. The summed E-state index contributed by atoms with van der Waals surface area (Å²) in [6, 6.07) is 0. The normalized spacial score (nSPS) is 13.8. The highest BCUT2D eigenvalue weighted by Gasteiger charge is 2.05. The van der Waals surface area contributed by atoms with Gasteiger partial charge in [0, 0.05) is 6.54 Å². The van der Waals surface area contributed by atoms with E-state index in [2.05, 4.69) is 44.5 Å². The average molecular weight is 181 g/mol. The number of rotatable bonds is 7. The van der Waals surface area contributed by atoms with Crippen LogP contribution in [-0.2, 0) is 0 Å². The smallest absolute Gasteiger partial charge is 0.00443 e. The van der Waals surface area contributed by atoms with Gasteiger partial charge >= 0.3 is 0 Å². The summed E-state index contributed by atoms with van der Waals surface area (Å²) >= 11 is 0. The van der Waals surface area contributed by atoms with Crippen LogP contribution in [0.4, 0.5) is 0 Å². The summed E-state index contributed by atoms with van der Waals surface area (Å²) in [5.74, 6) is 0.638. The van der Waals surface area contributed by atoms with Gasteiger partial charge < -0.3 is 4.90 Å². The molecule has 1 nitrogen and oxygen atoms in total. The second kappa shape index (κ2) is 8.06. The average Bonchev–Trinajstić information content (AvgIpc) is 2.05. The summed E-state index contributed by atoms with van der Waals surface area (Å²) in [4.78, 5) is 2.38. The largest absolute Gasteiger partial charge is 0.306 e. The molecule has 0 aromatic rings. The van der Waals surface area contributed by atoms with Crippen LogP contribution >= 0.6 is 0 Å². The highest BCUT2D eigenvalue weighted by atomic mass is 15.1. The van der Waals surface area contributed by atoms with Crippen molar-refractivity contribution in [3.63, 3.8) is 0 Å². The molecule has 0 aromatic carbocycles. The monoisotopic (exact) mass is 181 g/mol. The SMILES string of the molecule is C=CCC(/C=C\C)CN(C)CCC. The molecule has 0 saturated carbocycles. The quantitative estimate of drug-likeness (QED) is 0.545. The minimum atomic E-state index is 0.638. The van der Waals surface area contributed by atoms with E-state index in [0.29, 0.717) is 5.92 Å². The Kier molecular flexibility index (Phi) is 7.71. The third-order valence-corrected chi connectivity index (χ3v) is 2.09. The van der Waals surface area contributed by atoms with Crippen LogP contribution in [0.3, 0.4) is 0 Å². The van der Waals surface area contributed by atoms with Gasteiger partial charge in [0.2, 0.25) is 0 Å². The minimum Gasteiger partial charge on any atom is -0.306 e. The second-order valence-corrected chi connectivity index (χ2v) is 3.57. The van der Waals surface area contributed by atoms with E-state index in [4.69, 9.17) is 0 Å². The third kappa shape index (κ3) is 6.59. The van der Waals surface area contributed by atoms with Crippen LogP contribution in [-0.4, -0.2) is 25.0 Å². The Morgan fingerprint density at radius 2 is 2.15 bits per heavy atom. The standard InChI is InChI=1S/C12H23N/c1-5-8-12(9-6-2)11-13(4)10-7-3/h5-6,9,12H,1,7-8,10-11H2,2-4H3/b9-6-. The predicted octanol–water partition coefficient (Wildman–Crippen LogP) is 3.10. The Hall–Kier alpha value is -0.560. The molecule has 0 bridgehead atoms. The predicted molar refractivity (Wildman–Crippen MR) is 60.9 cm³/mol. The lowest BCUT2D eigenvalue weighted by Crippen LogP contribution is -2.25. The van der Waals surface area contributed by atoms with E-state index in [1.807, 2.05) is 6.08 Å². The van der Waals surface area contributed by atoms with Crippen molar-refractivity contribution in [2.75, 3.05) is 20.1 Å². The van der Waals surface area contributed by atoms with Gasteiger partial charge in [0.05, 0.1) is 0 Å². The molecule has 1 unspecified atom stereocenters. The molecule has 0 aliphatic rings. The fourth-order valence-electron chi connectivity index (χ4n) is 1.57. The molecule has 0 spiro atoms. The molecule has 0 N–H and O–H groups in total. The Morgan fingerprint density at radius 1 is 1.46 bits per heavy atom. The molecule has 76 valence electrons. The van der Waals surface area contributed by atoms with E-state index in [1.54, 1.807) is 0 Å². The molecule has 0 aliphatic heterocycles. The highest BCUT2D eigenvalue weighted by Crippen LogP contribution is 2.07. The summed E-state index contributed by atoms with van der Waals surface area (Å²) in [5, 5.41) is 0. The molecular weight excluding hydrogens is 158 g/mol. The van der Waals surface area contributed by atoms with Crippen LogP contribution in [0.1, 0.15) is 26.7 Å². The Bertz CT molecular complexity index is 149. The molecule has 0 radical (unpaired) electrons. The summed E-state index contributed by atoms with van der Waals surface area (Å²) in [6.07, 6.45) is 8.72. The Morgan fingerprint density at radius 3 is 2.62 bits per heavy atom. The lowest BCUT2D eigenvalue weighted by Gasteiger charge is -2.20. The topological polar surface area (TPSA) is 3.24 Å². The fraction of sp³-hybridized carbons (Fsp3) is 0.667. The van der Waals surface area contributed by atoms with Gasteiger partial charge in [0.25, 0.3) is 0 Å². The zero-order chi connectivity index (χ0) is 10.1. The zero-order valence-corrected chi connectivity index (χ0v) is 9.29. The van der Waals surface area contributed by atoms with Crippen LogP contribution < -0.4 is 0 Å². The molecule has 1 heteroatoms. The molecule has 0 amide bonds. The van der Waals surface area contributed by atoms with Gasteiger partial charge in [-0.2, -0.15) is 0 Å². The van der Waals surface area contributed by atoms with Crippen LogP contribution in [0.25, 0.3) is 0 Å². The van der Waals surface area contributed by atoms with Crippen molar-refractivity contribution in [3.8, 4) is 0 Å². The number of hydrogen-bond donors (Lipinski definition) is 0. The van der Waals surface area contributed by atoms with Crippen molar-refractivity contribution in [3.05, 3.63) is 24.8 Å². The molecule has 0 saturated heterocycles. The van der Waals surface area contributed by atoms with E-state index >= 15 is 0 Å². The molecule has 0 heterocycles. The first-order valence-corrected chi connectivity index (χ1v) is 5.16. The van der Waals surface area contributed by atoms with Gasteiger partial charge in [-0.15, -0.1) is 6.58 Å². The Labute approximate surface area is 83.1 Å². The van der Waals surface area contributed by atoms with Gasteiger partial charge in [0.1, 0.15) is 0 Å². The van der Waals surface area contributed by atoms with Gasteiger partial charge in [-0.05, 0) is 39.3 Å². The van der Waals surface area contributed by atoms with Crippen LogP contribution in [0.2, 0.25) is 0 Å². The van der Waals surface area contributed by atoms with Crippen molar-refractivity contribution < 1.29 is 0 Å². The van der Waals surface area contributed by atoms with E-state index in [-0.39, 0.29) is 0 Å². The molecule has 0 fully saturated rings. The van der Waals surface area contributed by atoms with Crippen molar-refractivity contribution >= 4 is 0 Å². The summed E-state index contributed by atoms with van der Waals surface area (Å²) < 4.78 is 0. The van der Waals surface area contributed by atoms with Crippen molar-refractivity contribution in [2.24, 2.45) is 5.92 Å². The first kappa shape index (κ1) is 12.4. The summed E-state index contributed by atoms with van der Waals surface area (Å²) in [6.45, 7) is 10.4. The van der Waals surface area contributed by atoms with Gasteiger partial charge in [-0.1, -0.05) is 25.2 Å². The van der Waals surface area contributed by atoms with E-state index in [9.17, 15) is 0 Å². The van der Waals surface area contributed by atoms with E-state index in [1.165, 1.54) is 13.0 Å². The van der Waals surface area contributed by atoms with Crippen molar-refractivity contribution in [2.45, 2.75) is 26.7 Å². The maximum absolute atomic E-state index is 3.78. The molecule has 0 aliphatic carbocycles. The van der Waals surface area contributed by atoms with E-state index in [0.717, 1.165) is 13.0 Å². The van der Waals surface area contributed by atoms with Gasteiger partial charge in [0.15, 0.2) is 0 Å². The van der Waals surface area contributed by atoms with E-state index < -0.39 is 0 Å². The number of nitrogens with zero attached hydrogens (tertiary/aromatic N) is 1. The first-order chi connectivity index (χ1) is 6.24. The highest BCUT2D eigenvalue weighted by molar-refractivity contribution is 4.90. The van der Waals surface area contributed by atoms with Crippen LogP contribution in [0.15, 0.2) is 24.8 Å². The lowest BCUT2D eigenvalue weighted by molar-refractivity contribution is 0.301. The van der Waals surface area contributed by atoms with Crippen molar-refractivity contribution in [1.29, 1.82) is 0 Å².